The molecule has 142 valence electrons. The van der Waals surface area contributed by atoms with Crippen molar-refractivity contribution in [1.29, 1.82) is 0 Å². The Hall–Kier alpha value is -2.91. The quantitative estimate of drug-likeness (QED) is 0.592. The summed E-state index contributed by atoms with van der Waals surface area (Å²) in [7, 11) is 1.25. The first-order valence-corrected chi connectivity index (χ1v) is 9.72. The number of allylic oxidation sites excluding steroid dienone is 1. The fraction of sp³-hybridized carbons (Fsp3) is 0.105. The van der Waals surface area contributed by atoms with E-state index >= 15 is 0 Å². The minimum absolute atomic E-state index is 0.00242. The summed E-state index contributed by atoms with van der Waals surface area (Å²) in [6.45, 7) is -0.00242. The Labute approximate surface area is 171 Å². The van der Waals surface area contributed by atoms with Gasteiger partial charge in [0.05, 0.1) is 24.2 Å². The zero-order valence-corrected chi connectivity index (χ0v) is 16.9. The van der Waals surface area contributed by atoms with Crippen molar-refractivity contribution in [2.75, 3.05) is 7.11 Å². The number of fused-ring (bicyclic) bond motifs is 1. The van der Waals surface area contributed by atoms with Crippen molar-refractivity contribution >= 4 is 56.8 Å². The largest absolute Gasteiger partial charge is 0.493 e. The normalized spacial score (nSPS) is 13.9. The van der Waals surface area contributed by atoms with Gasteiger partial charge in [-0.05, 0) is 36.4 Å². The lowest BCUT2D eigenvalue weighted by Crippen LogP contribution is -2.12. The second kappa shape index (κ2) is 7.25. The van der Waals surface area contributed by atoms with Crippen molar-refractivity contribution in [3.05, 3.63) is 66.4 Å². The third-order valence-corrected chi connectivity index (χ3v) is 5.56. The van der Waals surface area contributed by atoms with Gasteiger partial charge in [-0.2, -0.15) is 0 Å². The lowest BCUT2D eigenvalue weighted by Gasteiger charge is -2.02. The highest BCUT2D eigenvalue weighted by Gasteiger charge is 2.19. The predicted octanol–water partition coefficient (Wildman–Crippen LogP) is 4.06. The van der Waals surface area contributed by atoms with Crippen molar-refractivity contribution in [2.45, 2.75) is 6.54 Å². The van der Waals surface area contributed by atoms with Crippen LogP contribution in [0.15, 0.2) is 49.0 Å². The van der Waals surface area contributed by atoms with Crippen molar-refractivity contribution in [3.8, 4) is 5.88 Å². The summed E-state index contributed by atoms with van der Waals surface area (Å²) in [5, 5.41) is 10.5. The number of thiazole rings is 1. The molecule has 0 saturated carbocycles. The summed E-state index contributed by atoms with van der Waals surface area (Å²) in [4.78, 5) is 28.2. The first-order valence-electron chi connectivity index (χ1n) is 8.11. The van der Waals surface area contributed by atoms with Crippen LogP contribution in [0, 0.1) is 0 Å². The molecule has 2 aromatic heterocycles. The summed E-state index contributed by atoms with van der Waals surface area (Å²) in [6.07, 6.45) is 3.42. The van der Waals surface area contributed by atoms with Crippen LogP contribution in [-0.2, 0) is 11.3 Å². The van der Waals surface area contributed by atoms with Crippen LogP contribution in [0.1, 0.15) is 26.8 Å². The molecule has 0 amide bonds. The van der Waals surface area contributed by atoms with Crippen LogP contribution in [0.2, 0.25) is 0 Å². The molecule has 0 bridgehead atoms. The minimum Gasteiger partial charge on any atom is -0.493 e. The molecule has 3 heterocycles. The summed E-state index contributed by atoms with van der Waals surface area (Å²) >= 11 is 4.35. The molecule has 0 aliphatic carbocycles. The summed E-state index contributed by atoms with van der Waals surface area (Å²) in [5.74, 6) is -0.391. The standard InChI is InChI=1S/C19H13BrN2O5S/c1-26-18(24)15-5-3-12(27-15)9-22-17(23)16(28-19(22)25)6-10-8-21-14-4-2-11(20)7-13(10)14/h2-8,23H,9H2,1H3/b10-6+. The second-order valence-electron chi connectivity index (χ2n) is 5.92. The Morgan fingerprint density at radius 1 is 1.39 bits per heavy atom. The Morgan fingerprint density at radius 2 is 2.21 bits per heavy atom. The van der Waals surface area contributed by atoms with Crippen LogP contribution in [0.5, 0.6) is 5.88 Å². The smallest absolute Gasteiger partial charge is 0.373 e. The fourth-order valence-corrected chi connectivity index (χ4v) is 3.99. The summed E-state index contributed by atoms with van der Waals surface area (Å²) in [5.41, 5.74) is 2.53. The molecule has 28 heavy (non-hydrogen) atoms. The third kappa shape index (κ3) is 3.34. The maximum atomic E-state index is 12.4. The van der Waals surface area contributed by atoms with E-state index < -0.39 is 5.97 Å². The van der Waals surface area contributed by atoms with E-state index in [0.29, 0.717) is 10.6 Å². The first kappa shape index (κ1) is 18.5. The molecule has 1 aliphatic rings. The molecule has 1 aliphatic heterocycles. The number of aliphatic imine (C=N–C) groups is 1. The average molecular weight is 461 g/mol. The SMILES string of the molecule is COC(=O)c1ccc(Cn2c(O)c(/C=C3\C=Nc4ccc(Br)cc43)sc2=O)o1. The first-order chi connectivity index (χ1) is 13.5. The number of aromatic nitrogens is 1. The number of methoxy groups -OCH3 is 1. The molecule has 1 N–H and O–H groups in total. The van der Waals surface area contributed by atoms with E-state index in [1.807, 2.05) is 18.2 Å². The van der Waals surface area contributed by atoms with Gasteiger partial charge in [-0.3, -0.25) is 14.4 Å². The van der Waals surface area contributed by atoms with Gasteiger partial charge < -0.3 is 14.3 Å². The van der Waals surface area contributed by atoms with Gasteiger partial charge in [0, 0.05) is 21.8 Å². The third-order valence-electron chi connectivity index (χ3n) is 4.15. The molecule has 0 radical (unpaired) electrons. The highest BCUT2D eigenvalue weighted by molar-refractivity contribution is 9.10. The fourth-order valence-electron chi connectivity index (χ4n) is 2.79. The van der Waals surface area contributed by atoms with Gasteiger partial charge in [-0.25, -0.2) is 4.79 Å². The number of esters is 1. The number of carbonyl (C=O) groups excluding carboxylic acids is 1. The number of benzene rings is 1. The Balaban J connectivity index is 1.65. The van der Waals surface area contributed by atoms with Crippen molar-refractivity contribution in [3.63, 3.8) is 0 Å². The molecule has 9 heteroatoms. The zero-order chi connectivity index (χ0) is 19.8. The number of nitrogens with zero attached hydrogens (tertiary/aromatic N) is 2. The molecule has 4 rings (SSSR count). The van der Waals surface area contributed by atoms with E-state index in [1.54, 1.807) is 18.4 Å². The molecule has 0 spiro atoms. The molecule has 0 unspecified atom stereocenters. The molecular formula is C19H13BrN2O5S. The van der Waals surface area contributed by atoms with Crippen LogP contribution >= 0.6 is 27.3 Å². The second-order valence-corrected chi connectivity index (χ2v) is 7.83. The van der Waals surface area contributed by atoms with Crippen molar-refractivity contribution < 1.29 is 19.1 Å². The van der Waals surface area contributed by atoms with Gasteiger partial charge >= 0.3 is 10.8 Å². The van der Waals surface area contributed by atoms with Crippen molar-refractivity contribution in [1.82, 2.24) is 4.57 Å². The number of carbonyl (C=O) groups is 1. The monoisotopic (exact) mass is 460 g/mol. The molecular weight excluding hydrogens is 448 g/mol. The van der Waals surface area contributed by atoms with E-state index in [0.717, 1.165) is 32.6 Å². The van der Waals surface area contributed by atoms with Crippen LogP contribution in [0.25, 0.3) is 11.6 Å². The van der Waals surface area contributed by atoms with E-state index in [1.165, 1.54) is 17.7 Å². The predicted molar refractivity (Wildman–Crippen MR) is 110 cm³/mol. The molecule has 0 saturated heterocycles. The molecule has 3 aromatic rings. The van der Waals surface area contributed by atoms with E-state index in [-0.39, 0.29) is 23.1 Å². The topological polar surface area (TPSA) is 94.0 Å². The number of halogens is 1. The van der Waals surface area contributed by atoms with Crippen molar-refractivity contribution in [2.24, 2.45) is 4.99 Å². The average Bonchev–Trinajstić information content (AvgIpc) is 3.37. The Kier molecular flexibility index (Phi) is 4.78. The Morgan fingerprint density at radius 3 is 3.00 bits per heavy atom. The van der Waals surface area contributed by atoms with Gasteiger partial charge in [-0.15, -0.1) is 0 Å². The number of hydrogen-bond donors (Lipinski definition) is 1. The van der Waals surface area contributed by atoms with E-state index in [9.17, 15) is 14.7 Å². The Bertz CT molecular complexity index is 1200. The maximum Gasteiger partial charge on any atom is 0.373 e. The number of ether oxygens (including phenoxy) is 1. The van der Waals surface area contributed by atoms with Gasteiger partial charge in [0.2, 0.25) is 11.6 Å². The van der Waals surface area contributed by atoms with Gasteiger partial charge in [0.1, 0.15) is 5.76 Å². The molecule has 1 aromatic carbocycles. The lowest BCUT2D eigenvalue weighted by atomic mass is 10.1. The number of rotatable bonds is 4. The zero-order valence-electron chi connectivity index (χ0n) is 14.5. The minimum atomic E-state index is -0.607. The highest BCUT2D eigenvalue weighted by atomic mass is 79.9. The van der Waals surface area contributed by atoms with Crippen LogP contribution in [0.4, 0.5) is 5.69 Å². The summed E-state index contributed by atoms with van der Waals surface area (Å²) in [6, 6.07) is 8.74. The highest BCUT2D eigenvalue weighted by Crippen LogP contribution is 2.36. The van der Waals surface area contributed by atoms with E-state index in [2.05, 4.69) is 25.7 Å². The molecule has 0 fully saturated rings. The number of furan rings is 1. The van der Waals surface area contributed by atoms with E-state index in [4.69, 9.17) is 4.42 Å². The summed E-state index contributed by atoms with van der Waals surface area (Å²) < 4.78 is 12.1. The van der Waals surface area contributed by atoms with Gasteiger partial charge in [0.25, 0.3) is 0 Å². The molecule has 0 atom stereocenters. The maximum absolute atomic E-state index is 12.4. The number of aromatic hydroxyl groups is 1. The number of hydrogen-bond acceptors (Lipinski definition) is 7. The van der Waals surface area contributed by atoms with Crippen LogP contribution in [-0.4, -0.2) is 29.0 Å². The molecule has 7 nitrogen and oxygen atoms in total. The van der Waals surface area contributed by atoms with Crippen LogP contribution < -0.4 is 4.87 Å². The van der Waals surface area contributed by atoms with Crippen LogP contribution in [0.3, 0.4) is 0 Å². The lowest BCUT2D eigenvalue weighted by molar-refractivity contribution is 0.0563. The van der Waals surface area contributed by atoms with Gasteiger partial charge in [-0.1, -0.05) is 27.3 Å². The van der Waals surface area contributed by atoms with Gasteiger partial charge in [0.15, 0.2) is 0 Å².